The smallest absolute Gasteiger partial charge is 0.244 e. The lowest BCUT2D eigenvalue weighted by molar-refractivity contribution is -0.121. The van der Waals surface area contributed by atoms with Gasteiger partial charge >= 0.3 is 0 Å². The molecule has 1 unspecified atom stereocenters. The first kappa shape index (κ1) is 15.8. The first-order valence-electron chi connectivity index (χ1n) is 8.73. The topological polar surface area (TPSA) is 61.4 Å². The van der Waals surface area contributed by atoms with Crippen LogP contribution in [0, 0.1) is 0 Å². The van der Waals surface area contributed by atoms with Crippen LogP contribution in [0.3, 0.4) is 0 Å². The zero-order valence-corrected chi connectivity index (χ0v) is 14.0. The molecular weight excluding hydrogens is 314 g/mol. The number of para-hydroxylation sites is 2. The van der Waals surface area contributed by atoms with Gasteiger partial charge in [0.1, 0.15) is 6.54 Å². The number of carbonyl (C=O) groups excluding carboxylic acids is 2. The Morgan fingerprint density at radius 1 is 1.16 bits per heavy atom. The van der Waals surface area contributed by atoms with Crippen LogP contribution in [0.4, 0.5) is 11.4 Å². The van der Waals surface area contributed by atoms with E-state index >= 15 is 0 Å². The Hall–Kier alpha value is -2.66. The number of fused-ring (bicyclic) bond motifs is 2. The number of carbonyl (C=O) groups is 2. The molecular formula is C20H21N3O2. The molecule has 1 atom stereocenters. The van der Waals surface area contributed by atoms with Crippen molar-refractivity contribution >= 4 is 23.2 Å². The third-order valence-electron chi connectivity index (χ3n) is 4.94. The van der Waals surface area contributed by atoms with Crippen molar-refractivity contribution in [3.63, 3.8) is 0 Å². The van der Waals surface area contributed by atoms with Gasteiger partial charge in [0.25, 0.3) is 0 Å². The Balaban J connectivity index is 1.48. The summed E-state index contributed by atoms with van der Waals surface area (Å²) in [7, 11) is 0. The number of nitrogens with one attached hydrogen (secondary N) is 2. The molecule has 2 aromatic rings. The summed E-state index contributed by atoms with van der Waals surface area (Å²) in [5.74, 6) is -0.236. The van der Waals surface area contributed by atoms with Crippen molar-refractivity contribution in [2.24, 2.45) is 0 Å². The molecule has 2 aromatic carbocycles. The quantitative estimate of drug-likeness (QED) is 0.906. The summed E-state index contributed by atoms with van der Waals surface area (Å²) >= 11 is 0. The van der Waals surface area contributed by atoms with Gasteiger partial charge < -0.3 is 10.6 Å². The van der Waals surface area contributed by atoms with Gasteiger partial charge in [0, 0.05) is 6.04 Å². The van der Waals surface area contributed by atoms with Crippen LogP contribution < -0.4 is 15.5 Å². The highest BCUT2D eigenvalue weighted by Crippen LogP contribution is 2.30. The first-order chi connectivity index (χ1) is 12.2. The molecule has 1 heterocycles. The average molecular weight is 335 g/mol. The van der Waals surface area contributed by atoms with E-state index in [1.165, 1.54) is 11.1 Å². The van der Waals surface area contributed by atoms with E-state index in [1.807, 2.05) is 30.3 Å². The Bertz CT molecular complexity index is 818. The van der Waals surface area contributed by atoms with E-state index in [4.69, 9.17) is 0 Å². The molecule has 4 rings (SSSR count). The summed E-state index contributed by atoms with van der Waals surface area (Å²) in [6.45, 7) is 0.291. The van der Waals surface area contributed by atoms with Gasteiger partial charge in [0.05, 0.1) is 17.9 Å². The zero-order chi connectivity index (χ0) is 17.2. The third kappa shape index (κ3) is 3.15. The van der Waals surface area contributed by atoms with Crippen molar-refractivity contribution < 1.29 is 9.59 Å². The van der Waals surface area contributed by atoms with Gasteiger partial charge in [-0.25, -0.2) is 0 Å². The van der Waals surface area contributed by atoms with Gasteiger partial charge in [-0.1, -0.05) is 36.4 Å². The van der Waals surface area contributed by atoms with E-state index in [-0.39, 0.29) is 30.9 Å². The lowest BCUT2D eigenvalue weighted by Crippen LogP contribution is -2.46. The van der Waals surface area contributed by atoms with Crippen molar-refractivity contribution in [2.75, 3.05) is 23.3 Å². The van der Waals surface area contributed by atoms with E-state index in [2.05, 4.69) is 28.8 Å². The maximum absolute atomic E-state index is 12.7. The predicted octanol–water partition coefficient (Wildman–Crippen LogP) is 2.64. The van der Waals surface area contributed by atoms with E-state index in [0.717, 1.165) is 24.9 Å². The summed E-state index contributed by atoms with van der Waals surface area (Å²) < 4.78 is 0. The van der Waals surface area contributed by atoms with E-state index in [9.17, 15) is 9.59 Å². The van der Waals surface area contributed by atoms with Gasteiger partial charge in [0.2, 0.25) is 11.8 Å². The summed E-state index contributed by atoms with van der Waals surface area (Å²) in [5, 5.41) is 6.21. The number of amides is 2. The number of benzene rings is 2. The molecule has 0 aromatic heterocycles. The van der Waals surface area contributed by atoms with Gasteiger partial charge in [0.15, 0.2) is 0 Å². The number of hydrogen-bond acceptors (Lipinski definition) is 3. The standard InChI is InChI=1S/C20H21N3O2/c24-19-13-23(18-11-4-3-9-17(18)22-19)20(25)12-21-16-10-5-7-14-6-1-2-8-15(14)16/h1-4,6,8-9,11,16,21H,5,7,10,12-13H2,(H,22,24). The maximum atomic E-state index is 12.7. The molecule has 0 bridgehead atoms. The van der Waals surface area contributed by atoms with Crippen LogP contribution in [0.5, 0.6) is 0 Å². The van der Waals surface area contributed by atoms with Crippen molar-refractivity contribution in [2.45, 2.75) is 25.3 Å². The van der Waals surface area contributed by atoms with E-state index < -0.39 is 0 Å². The molecule has 25 heavy (non-hydrogen) atoms. The van der Waals surface area contributed by atoms with Gasteiger partial charge in [-0.3, -0.25) is 14.5 Å². The monoisotopic (exact) mass is 335 g/mol. The summed E-state index contributed by atoms with van der Waals surface area (Å²) in [4.78, 5) is 26.2. The SMILES string of the molecule is O=C1CN(C(=O)CNC2CCCc3ccccc32)c2ccccc2N1. The van der Waals surface area contributed by atoms with Crippen molar-refractivity contribution in [3.8, 4) is 0 Å². The molecule has 0 radical (unpaired) electrons. The summed E-state index contributed by atoms with van der Waals surface area (Å²) in [5.41, 5.74) is 4.10. The van der Waals surface area contributed by atoms with Crippen LogP contribution in [-0.4, -0.2) is 24.9 Å². The Morgan fingerprint density at radius 2 is 1.96 bits per heavy atom. The number of aryl methyl sites for hydroxylation is 1. The highest BCUT2D eigenvalue weighted by molar-refractivity contribution is 6.10. The number of hydrogen-bond donors (Lipinski definition) is 2. The van der Waals surface area contributed by atoms with Crippen molar-refractivity contribution in [1.29, 1.82) is 0 Å². The van der Waals surface area contributed by atoms with Crippen LogP contribution in [0.1, 0.15) is 30.0 Å². The molecule has 0 fully saturated rings. The lowest BCUT2D eigenvalue weighted by atomic mass is 9.88. The van der Waals surface area contributed by atoms with Gasteiger partial charge in [-0.05, 0) is 42.5 Å². The molecule has 5 nitrogen and oxygen atoms in total. The lowest BCUT2D eigenvalue weighted by Gasteiger charge is -2.31. The normalized spacial score (nSPS) is 19.0. The largest absolute Gasteiger partial charge is 0.323 e. The fourth-order valence-corrected chi connectivity index (χ4v) is 3.73. The first-order valence-corrected chi connectivity index (χ1v) is 8.73. The number of rotatable bonds is 3. The minimum Gasteiger partial charge on any atom is -0.323 e. The molecule has 2 amide bonds. The van der Waals surface area contributed by atoms with Crippen LogP contribution in [0.15, 0.2) is 48.5 Å². The molecule has 128 valence electrons. The van der Waals surface area contributed by atoms with Crippen LogP contribution in [-0.2, 0) is 16.0 Å². The van der Waals surface area contributed by atoms with Gasteiger partial charge in [-0.15, -0.1) is 0 Å². The number of nitrogens with zero attached hydrogens (tertiary/aromatic N) is 1. The Kier molecular flexibility index (Phi) is 4.24. The summed E-state index contributed by atoms with van der Waals surface area (Å²) in [6.07, 6.45) is 3.25. The minimum absolute atomic E-state index is 0.0682. The molecule has 1 aliphatic carbocycles. The highest BCUT2D eigenvalue weighted by Gasteiger charge is 2.27. The van der Waals surface area contributed by atoms with Crippen LogP contribution in [0.25, 0.3) is 0 Å². The minimum atomic E-state index is -0.157. The average Bonchev–Trinajstić information content (AvgIpc) is 2.65. The molecule has 1 aliphatic heterocycles. The second-order valence-corrected chi connectivity index (χ2v) is 6.57. The highest BCUT2D eigenvalue weighted by atomic mass is 16.2. The Morgan fingerprint density at radius 3 is 2.88 bits per heavy atom. The molecule has 2 N–H and O–H groups in total. The summed E-state index contributed by atoms with van der Waals surface area (Å²) in [6, 6.07) is 16.0. The van der Waals surface area contributed by atoms with Crippen molar-refractivity contribution in [1.82, 2.24) is 5.32 Å². The fraction of sp³-hybridized carbons (Fsp3) is 0.300. The van der Waals surface area contributed by atoms with Crippen LogP contribution >= 0.6 is 0 Å². The maximum Gasteiger partial charge on any atom is 0.244 e. The van der Waals surface area contributed by atoms with E-state index in [0.29, 0.717) is 5.69 Å². The van der Waals surface area contributed by atoms with Crippen molar-refractivity contribution in [3.05, 3.63) is 59.7 Å². The second kappa shape index (κ2) is 6.69. The molecule has 5 heteroatoms. The third-order valence-corrected chi connectivity index (χ3v) is 4.94. The van der Waals surface area contributed by atoms with Crippen LogP contribution in [0.2, 0.25) is 0 Å². The van der Waals surface area contributed by atoms with Gasteiger partial charge in [-0.2, -0.15) is 0 Å². The van der Waals surface area contributed by atoms with E-state index in [1.54, 1.807) is 4.90 Å². The number of anilines is 2. The predicted molar refractivity (Wildman–Crippen MR) is 97.5 cm³/mol. The second-order valence-electron chi connectivity index (χ2n) is 6.57. The molecule has 0 saturated heterocycles. The molecule has 0 saturated carbocycles. The zero-order valence-electron chi connectivity index (χ0n) is 14.0. The Labute approximate surface area is 147 Å². The molecule has 2 aliphatic rings. The molecule has 0 spiro atoms. The fourth-order valence-electron chi connectivity index (χ4n) is 3.73.